The van der Waals surface area contributed by atoms with Crippen molar-refractivity contribution in [2.75, 3.05) is 32.8 Å². The van der Waals surface area contributed by atoms with Crippen LogP contribution in [-0.4, -0.2) is 43.7 Å². The molecule has 1 aromatic rings. The van der Waals surface area contributed by atoms with E-state index >= 15 is 0 Å². The van der Waals surface area contributed by atoms with E-state index in [4.69, 9.17) is 4.74 Å². The Bertz CT molecular complexity index is 388. The Kier molecular flexibility index (Phi) is 6.34. The van der Waals surface area contributed by atoms with Gasteiger partial charge in [-0.2, -0.15) is 0 Å². The number of rotatable bonds is 8. The predicted octanol–water partition coefficient (Wildman–Crippen LogP) is 2.84. The Labute approximate surface area is 123 Å². The molecule has 0 aromatic heterocycles. The van der Waals surface area contributed by atoms with Gasteiger partial charge in [0, 0.05) is 12.6 Å². The van der Waals surface area contributed by atoms with Crippen molar-refractivity contribution in [1.29, 1.82) is 0 Å². The van der Waals surface area contributed by atoms with E-state index in [1.165, 1.54) is 38.0 Å². The van der Waals surface area contributed by atoms with Crippen LogP contribution in [0.5, 0.6) is 5.75 Å². The lowest BCUT2D eigenvalue weighted by Crippen LogP contribution is -2.38. The molecule has 2 rings (SSSR count). The first-order valence-corrected chi connectivity index (χ1v) is 7.89. The smallest absolute Gasteiger partial charge is 0.119 e. The van der Waals surface area contributed by atoms with Gasteiger partial charge in [-0.15, -0.1) is 0 Å². The largest absolute Gasteiger partial charge is 0.494 e. The number of hydrogen-bond donors (Lipinski definition) is 1. The van der Waals surface area contributed by atoms with E-state index in [0.717, 1.165) is 25.3 Å². The van der Waals surface area contributed by atoms with E-state index in [-0.39, 0.29) is 0 Å². The van der Waals surface area contributed by atoms with Crippen LogP contribution >= 0.6 is 0 Å². The van der Waals surface area contributed by atoms with Crippen LogP contribution in [0, 0.1) is 6.92 Å². The van der Waals surface area contributed by atoms with Crippen LogP contribution in [0.3, 0.4) is 0 Å². The Hall–Kier alpha value is -1.06. The summed E-state index contributed by atoms with van der Waals surface area (Å²) < 4.78 is 5.75. The lowest BCUT2D eigenvalue weighted by Gasteiger charge is -2.21. The lowest BCUT2D eigenvalue weighted by molar-refractivity contribution is 0.282. The number of nitrogens with zero attached hydrogens (tertiary/aromatic N) is 1. The predicted molar refractivity (Wildman–Crippen MR) is 84.4 cm³/mol. The number of aryl methyl sites for hydroxylation is 1. The molecule has 1 N–H and O–H groups in total. The molecule has 0 radical (unpaired) electrons. The first-order chi connectivity index (χ1) is 9.74. The molecule has 0 saturated carbocycles. The molecule has 1 aliphatic rings. The molecule has 20 heavy (non-hydrogen) atoms. The van der Waals surface area contributed by atoms with Crippen LogP contribution in [0.4, 0.5) is 0 Å². The number of ether oxygens (including phenoxy) is 1. The molecule has 0 bridgehead atoms. The fourth-order valence-corrected chi connectivity index (χ4v) is 2.73. The zero-order valence-corrected chi connectivity index (χ0v) is 12.9. The highest BCUT2D eigenvalue weighted by atomic mass is 16.5. The average Bonchev–Trinajstić information content (AvgIpc) is 2.91. The van der Waals surface area contributed by atoms with Gasteiger partial charge in [0.15, 0.2) is 0 Å². The molecule has 112 valence electrons. The first-order valence-electron chi connectivity index (χ1n) is 7.89. The highest BCUT2D eigenvalue weighted by molar-refractivity contribution is 5.27. The minimum absolute atomic E-state index is 0.576. The fraction of sp³-hybridized carbons (Fsp3) is 0.647. The van der Waals surface area contributed by atoms with Crippen molar-refractivity contribution in [3.05, 3.63) is 29.8 Å². The number of likely N-dealkylation sites (tertiary alicyclic amines) is 1. The molecule has 3 heteroatoms. The third-order valence-electron chi connectivity index (χ3n) is 3.80. The minimum atomic E-state index is 0.576. The molecule has 1 aromatic carbocycles. The molecule has 1 heterocycles. The molecule has 0 amide bonds. The number of nitrogens with one attached hydrogen (secondary N) is 1. The Morgan fingerprint density at radius 3 is 2.85 bits per heavy atom. The maximum Gasteiger partial charge on any atom is 0.119 e. The number of benzene rings is 1. The fourth-order valence-electron chi connectivity index (χ4n) is 2.73. The normalized spacial score (nSPS) is 17.3. The summed E-state index contributed by atoms with van der Waals surface area (Å²) in [7, 11) is 0. The van der Waals surface area contributed by atoms with E-state index in [0.29, 0.717) is 6.04 Å². The Morgan fingerprint density at radius 2 is 2.10 bits per heavy atom. The second kappa shape index (κ2) is 8.28. The second-order valence-corrected chi connectivity index (χ2v) is 5.88. The van der Waals surface area contributed by atoms with Gasteiger partial charge in [-0.3, -0.25) is 0 Å². The van der Waals surface area contributed by atoms with Crippen molar-refractivity contribution in [1.82, 2.24) is 10.2 Å². The minimum Gasteiger partial charge on any atom is -0.494 e. The van der Waals surface area contributed by atoms with E-state index < -0.39 is 0 Å². The highest BCUT2D eigenvalue weighted by Crippen LogP contribution is 2.12. The molecule has 1 fully saturated rings. The van der Waals surface area contributed by atoms with E-state index in [1.54, 1.807) is 0 Å². The van der Waals surface area contributed by atoms with Crippen molar-refractivity contribution in [3.8, 4) is 5.75 Å². The summed E-state index contributed by atoms with van der Waals surface area (Å²) in [6.07, 6.45) is 3.80. The van der Waals surface area contributed by atoms with Gasteiger partial charge in [-0.25, -0.2) is 0 Å². The Morgan fingerprint density at radius 1 is 1.30 bits per heavy atom. The Balaban J connectivity index is 1.52. The maximum absolute atomic E-state index is 5.75. The second-order valence-electron chi connectivity index (χ2n) is 5.88. The summed E-state index contributed by atoms with van der Waals surface area (Å²) in [4.78, 5) is 2.56. The average molecular weight is 276 g/mol. The molecule has 1 saturated heterocycles. The van der Waals surface area contributed by atoms with Crippen LogP contribution in [0.1, 0.15) is 31.7 Å². The van der Waals surface area contributed by atoms with Crippen molar-refractivity contribution < 1.29 is 4.74 Å². The highest BCUT2D eigenvalue weighted by Gasteiger charge is 2.13. The molecular formula is C17H28N2O. The molecule has 1 aliphatic heterocycles. The van der Waals surface area contributed by atoms with Crippen LogP contribution in [0.25, 0.3) is 0 Å². The quantitative estimate of drug-likeness (QED) is 0.739. The van der Waals surface area contributed by atoms with Gasteiger partial charge in [0.25, 0.3) is 0 Å². The maximum atomic E-state index is 5.75. The molecule has 1 unspecified atom stereocenters. The van der Waals surface area contributed by atoms with E-state index in [2.05, 4.69) is 36.2 Å². The molecule has 1 atom stereocenters. The molecule has 0 spiro atoms. The third-order valence-corrected chi connectivity index (χ3v) is 3.80. The zero-order valence-electron chi connectivity index (χ0n) is 12.9. The lowest BCUT2D eigenvalue weighted by atomic mass is 10.2. The third kappa shape index (κ3) is 5.51. The molecule has 3 nitrogen and oxygen atoms in total. The van der Waals surface area contributed by atoms with Crippen molar-refractivity contribution >= 4 is 0 Å². The van der Waals surface area contributed by atoms with E-state index in [9.17, 15) is 0 Å². The van der Waals surface area contributed by atoms with Gasteiger partial charge in [0.2, 0.25) is 0 Å². The summed E-state index contributed by atoms with van der Waals surface area (Å²) in [6.45, 7) is 9.92. The van der Waals surface area contributed by atoms with Gasteiger partial charge in [0.1, 0.15) is 5.75 Å². The standard InChI is InChI=1S/C17H28N2O/c1-15-7-5-8-17(13-15)20-12-6-9-18-16(2)14-19-10-3-4-11-19/h5,7-8,13,16,18H,3-4,6,9-12,14H2,1-2H3. The van der Waals surface area contributed by atoms with Crippen LogP contribution < -0.4 is 10.1 Å². The SMILES string of the molecule is Cc1cccc(OCCCNC(C)CN2CCCC2)c1. The van der Waals surface area contributed by atoms with Crippen LogP contribution in [-0.2, 0) is 0 Å². The van der Waals surface area contributed by atoms with Crippen molar-refractivity contribution in [2.45, 2.75) is 39.2 Å². The molecule has 0 aliphatic carbocycles. The zero-order chi connectivity index (χ0) is 14.2. The van der Waals surface area contributed by atoms with Crippen LogP contribution in [0.15, 0.2) is 24.3 Å². The summed E-state index contributed by atoms with van der Waals surface area (Å²) in [5.41, 5.74) is 1.25. The topological polar surface area (TPSA) is 24.5 Å². The van der Waals surface area contributed by atoms with Gasteiger partial charge >= 0.3 is 0 Å². The first kappa shape index (κ1) is 15.3. The summed E-state index contributed by atoms with van der Waals surface area (Å²) in [6, 6.07) is 8.82. The van der Waals surface area contributed by atoms with Crippen molar-refractivity contribution in [2.24, 2.45) is 0 Å². The van der Waals surface area contributed by atoms with Crippen molar-refractivity contribution in [3.63, 3.8) is 0 Å². The number of hydrogen-bond acceptors (Lipinski definition) is 3. The van der Waals surface area contributed by atoms with Gasteiger partial charge in [-0.05, 0) is 70.4 Å². The van der Waals surface area contributed by atoms with Gasteiger partial charge in [-0.1, -0.05) is 12.1 Å². The molecular weight excluding hydrogens is 248 g/mol. The summed E-state index contributed by atoms with van der Waals surface area (Å²) in [5, 5.41) is 3.59. The summed E-state index contributed by atoms with van der Waals surface area (Å²) in [5.74, 6) is 0.982. The van der Waals surface area contributed by atoms with Crippen LogP contribution in [0.2, 0.25) is 0 Å². The van der Waals surface area contributed by atoms with E-state index in [1.807, 2.05) is 12.1 Å². The van der Waals surface area contributed by atoms with Gasteiger partial charge < -0.3 is 15.0 Å². The van der Waals surface area contributed by atoms with Gasteiger partial charge in [0.05, 0.1) is 6.61 Å². The summed E-state index contributed by atoms with van der Waals surface area (Å²) >= 11 is 0. The monoisotopic (exact) mass is 276 g/mol.